The summed E-state index contributed by atoms with van der Waals surface area (Å²) in [6.45, 7) is 1.53. The van der Waals surface area contributed by atoms with Gasteiger partial charge in [-0.25, -0.2) is 4.79 Å². The molecule has 0 aromatic carbocycles. The highest BCUT2D eigenvalue weighted by Crippen LogP contribution is 2.66. The van der Waals surface area contributed by atoms with E-state index in [0.29, 0.717) is 37.7 Å². The first-order valence-electron chi connectivity index (χ1n) is 10.3. The fourth-order valence-electron chi connectivity index (χ4n) is 6.46. The van der Waals surface area contributed by atoms with Crippen molar-refractivity contribution in [1.29, 1.82) is 0 Å². The molecule has 0 saturated heterocycles. The number of alkyl halides is 2. The maximum absolute atomic E-state index is 13.2. The van der Waals surface area contributed by atoms with Gasteiger partial charge in [0.05, 0.1) is 6.61 Å². The summed E-state index contributed by atoms with van der Waals surface area (Å²) in [7, 11) is 0. The van der Waals surface area contributed by atoms with Crippen molar-refractivity contribution < 1.29 is 27.8 Å². The smallest absolute Gasteiger partial charge is 0.376 e. The van der Waals surface area contributed by atoms with Crippen LogP contribution in [0.2, 0.25) is 0 Å². The molecule has 152 valence electrons. The van der Waals surface area contributed by atoms with Crippen molar-refractivity contribution in [3.8, 4) is 0 Å². The Balaban J connectivity index is 1.37. The third-order valence-electron chi connectivity index (χ3n) is 7.06. The van der Waals surface area contributed by atoms with E-state index in [4.69, 9.17) is 9.47 Å². The van der Waals surface area contributed by atoms with Crippen LogP contribution in [0, 0.1) is 28.6 Å². The number of halogens is 2. The minimum Gasteiger partial charge on any atom is -0.461 e. The maximum Gasteiger partial charge on any atom is 0.376 e. The van der Waals surface area contributed by atoms with Gasteiger partial charge >= 0.3 is 11.9 Å². The molecule has 4 nitrogen and oxygen atoms in total. The fraction of sp³-hybridized carbons (Fsp3) is 0.905. The van der Waals surface area contributed by atoms with Crippen LogP contribution in [0.15, 0.2) is 0 Å². The van der Waals surface area contributed by atoms with Crippen molar-refractivity contribution in [2.45, 2.75) is 70.6 Å². The molecule has 2 atom stereocenters. The van der Waals surface area contributed by atoms with E-state index in [1.54, 1.807) is 0 Å². The van der Waals surface area contributed by atoms with E-state index in [1.807, 2.05) is 0 Å². The molecule has 5 fully saturated rings. The second-order valence-corrected chi connectivity index (χ2v) is 10.1. The summed E-state index contributed by atoms with van der Waals surface area (Å²) in [5, 5.41) is 0. The van der Waals surface area contributed by atoms with Crippen LogP contribution in [0.5, 0.6) is 0 Å². The molecule has 5 rings (SSSR count). The zero-order valence-electron chi connectivity index (χ0n) is 16.1. The number of rotatable bonds is 9. The van der Waals surface area contributed by atoms with Crippen molar-refractivity contribution in [2.24, 2.45) is 28.6 Å². The van der Waals surface area contributed by atoms with E-state index >= 15 is 0 Å². The zero-order valence-corrected chi connectivity index (χ0v) is 16.1. The molecule has 0 radical (unpaired) electrons. The first-order chi connectivity index (χ1) is 12.7. The molecule has 0 spiro atoms. The number of ether oxygens (including phenoxy) is 2. The molecule has 2 unspecified atom stereocenters. The SMILES string of the molecule is CC(F)(F)C(=O)OCC12CC3CC(C1)CC(CC(=O)COCC1CC1)(C3)C2. The summed E-state index contributed by atoms with van der Waals surface area (Å²) in [4.78, 5) is 24.1. The summed E-state index contributed by atoms with van der Waals surface area (Å²) in [5.41, 5.74) is -0.272. The summed E-state index contributed by atoms with van der Waals surface area (Å²) >= 11 is 0. The third kappa shape index (κ3) is 4.36. The second-order valence-electron chi connectivity index (χ2n) is 10.1. The Hall–Kier alpha value is -1.04. The Morgan fingerprint density at radius 2 is 1.70 bits per heavy atom. The van der Waals surface area contributed by atoms with Crippen molar-refractivity contribution in [2.75, 3.05) is 19.8 Å². The summed E-state index contributed by atoms with van der Waals surface area (Å²) in [6.07, 6.45) is 8.84. The molecule has 0 aromatic rings. The third-order valence-corrected chi connectivity index (χ3v) is 7.06. The topological polar surface area (TPSA) is 52.6 Å². The van der Waals surface area contributed by atoms with Gasteiger partial charge in [0.15, 0.2) is 5.78 Å². The number of carbonyl (C=O) groups is 2. The number of Topliss-reactive ketones (excluding diaryl/α,β-unsaturated/α-hetero) is 1. The Morgan fingerprint density at radius 3 is 2.30 bits per heavy atom. The van der Waals surface area contributed by atoms with Gasteiger partial charge in [0.25, 0.3) is 0 Å². The maximum atomic E-state index is 13.2. The standard InChI is InChI=1S/C21H30F2O4/c1-19(22,23)18(25)27-13-21-7-15-4-16(8-21)6-20(5-15,12-21)9-17(24)11-26-10-14-2-3-14/h14-16H,2-13H2,1H3. The lowest BCUT2D eigenvalue weighted by molar-refractivity contribution is -0.185. The van der Waals surface area contributed by atoms with Crippen LogP contribution in [-0.4, -0.2) is 37.5 Å². The van der Waals surface area contributed by atoms with Crippen LogP contribution in [-0.2, 0) is 19.1 Å². The van der Waals surface area contributed by atoms with Crippen molar-refractivity contribution in [1.82, 2.24) is 0 Å². The van der Waals surface area contributed by atoms with Gasteiger partial charge in [0.2, 0.25) is 0 Å². The normalized spacial score (nSPS) is 37.4. The van der Waals surface area contributed by atoms with Crippen LogP contribution < -0.4 is 0 Å². The van der Waals surface area contributed by atoms with Gasteiger partial charge in [-0.3, -0.25) is 4.79 Å². The van der Waals surface area contributed by atoms with Crippen LogP contribution >= 0.6 is 0 Å². The van der Waals surface area contributed by atoms with Crippen LogP contribution in [0.4, 0.5) is 8.78 Å². The average molecular weight is 384 g/mol. The molecule has 6 heteroatoms. The molecule has 5 saturated carbocycles. The van der Waals surface area contributed by atoms with E-state index in [-0.39, 0.29) is 29.8 Å². The fourth-order valence-corrected chi connectivity index (χ4v) is 6.46. The molecule has 0 aromatic heterocycles. The van der Waals surface area contributed by atoms with E-state index in [0.717, 1.165) is 38.5 Å². The summed E-state index contributed by atoms with van der Waals surface area (Å²) in [6, 6.07) is 0. The Kier molecular flexibility index (Phi) is 4.84. The van der Waals surface area contributed by atoms with E-state index in [1.165, 1.54) is 12.8 Å². The van der Waals surface area contributed by atoms with E-state index in [2.05, 4.69) is 0 Å². The first-order valence-corrected chi connectivity index (χ1v) is 10.3. The lowest BCUT2D eigenvalue weighted by Crippen LogP contribution is -2.54. The second kappa shape index (κ2) is 6.78. The summed E-state index contributed by atoms with van der Waals surface area (Å²) in [5.74, 6) is -3.04. The molecule has 0 aliphatic heterocycles. The molecule has 4 bridgehead atoms. The molecule has 0 N–H and O–H groups in total. The predicted molar refractivity (Wildman–Crippen MR) is 94.3 cm³/mol. The molecule has 5 aliphatic rings. The van der Waals surface area contributed by atoms with E-state index < -0.39 is 11.9 Å². The highest BCUT2D eigenvalue weighted by atomic mass is 19.3. The van der Waals surface area contributed by atoms with E-state index in [9.17, 15) is 18.4 Å². The van der Waals surface area contributed by atoms with Gasteiger partial charge in [-0.05, 0) is 74.5 Å². The summed E-state index contributed by atoms with van der Waals surface area (Å²) < 4.78 is 37.0. The predicted octanol–water partition coefficient (Wildman–Crippen LogP) is 4.16. The number of hydrogen-bond acceptors (Lipinski definition) is 4. The zero-order chi connectivity index (χ0) is 19.3. The largest absolute Gasteiger partial charge is 0.461 e. The first kappa shape index (κ1) is 19.3. The molecular weight excluding hydrogens is 354 g/mol. The minimum absolute atomic E-state index is 0.0503. The van der Waals surface area contributed by atoms with Crippen LogP contribution in [0.3, 0.4) is 0 Å². The molecule has 0 amide bonds. The molecule has 5 aliphatic carbocycles. The Bertz CT molecular complexity index is 594. The number of ketones is 1. The molecular formula is C21H30F2O4. The van der Waals surface area contributed by atoms with Gasteiger partial charge in [-0.1, -0.05) is 0 Å². The average Bonchev–Trinajstić information content (AvgIpc) is 3.34. The number of hydrogen-bond donors (Lipinski definition) is 0. The highest BCUT2D eigenvalue weighted by Gasteiger charge is 2.58. The number of carbonyl (C=O) groups excluding carboxylic acids is 2. The van der Waals surface area contributed by atoms with Crippen molar-refractivity contribution in [3.63, 3.8) is 0 Å². The van der Waals surface area contributed by atoms with Gasteiger partial charge in [-0.2, -0.15) is 8.78 Å². The van der Waals surface area contributed by atoms with Crippen molar-refractivity contribution >= 4 is 11.8 Å². The Labute approximate surface area is 159 Å². The minimum atomic E-state index is -3.45. The monoisotopic (exact) mass is 384 g/mol. The van der Waals surface area contributed by atoms with Gasteiger partial charge in [0.1, 0.15) is 6.61 Å². The number of esters is 1. The highest BCUT2D eigenvalue weighted by molar-refractivity contribution is 5.80. The van der Waals surface area contributed by atoms with Crippen LogP contribution in [0.1, 0.15) is 64.7 Å². The molecule has 0 heterocycles. The van der Waals surface area contributed by atoms with Crippen LogP contribution in [0.25, 0.3) is 0 Å². The lowest BCUT2D eigenvalue weighted by atomic mass is 9.43. The van der Waals surface area contributed by atoms with Crippen molar-refractivity contribution in [3.05, 3.63) is 0 Å². The molecule has 27 heavy (non-hydrogen) atoms. The van der Waals surface area contributed by atoms with Gasteiger partial charge in [-0.15, -0.1) is 0 Å². The van der Waals surface area contributed by atoms with Gasteiger partial charge < -0.3 is 9.47 Å². The Morgan fingerprint density at radius 1 is 1.07 bits per heavy atom. The quantitative estimate of drug-likeness (QED) is 0.560. The lowest BCUT2D eigenvalue weighted by Gasteiger charge is -2.62. The van der Waals surface area contributed by atoms with Gasteiger partial charge in [0, 0.05) is 25.4 Å².